The number of carbonyl (C=O) groups excluding carboxylic acids is 3. The maximum atomic E-state index is 13.2. The van der Waals surface area contributed by atoms with Gasteiger partial charge >= 0.3 is 11.8 Å². The Hall–Kier alpha value is -3.33. The molecule has 1 heterocycles. The highest BCUT2D eigenvalue weighted by molar-refractivity contribution is 9.10. The molecule has 0 aliphatic carbocycles. The van der Waals surface area contributed by atoms with E-state index in [2.05, 4.69) is 32.0 Å². The minimum absolute atomic E-state index is 0.0995. The number of carbonyl (C=O) groups is 3. The van der Waals surface area contributed by atoms with Gasteiger partial charge in [0.15, 0.2) is 0 Å². The van der Waals surface area contributed by atoms with Gasteiger partial charge in [0.25, 0.3) is 5.91 Å². The summed E-state index contributed by atoms with van der Waals surface area (Å²) in [5.74, 6) is -2.34. The Morgan fingerprint density at radius 3 is 2.14 bits per heavy atom. The second-order valence-electron chi connectivity index (χ2n) is 7.84. The van der Waals surface area contributed by atoms with Crippen LogP contribution in [-0.4, -0.2) is 22.4 Å². The molecule has 0 spiro atoms. The number of benzene rings is 3. The van der Waals surface area contributed by atoms with Crippen molar-refractivity contribution < 1.29 is 14.4 Å². The lowest BCUT2D eigenvalue weighted by Gasteiger charge is -2.14. The second kappa shape index (κ2) is 10.1. The van der Waals surface area contributed by atoms with E-state index in [1.165, 1.54) is 4.68 Å². The normalized spacial score (nSPS) is 10.8. The average Bonchev–Trinajstić information content (AvgIpc) is 3.12. The molecule has 178 valence electrons. The Morgan fingerprint density at radius 2 is 1.49 bits per heavy atom. The zero-order chi connectivity index (χ0) is 25.3. The smallest absolute Gasteiger partial charge is 0.321 e. The Bertz CT molecular complexity index is 1460. The van der Waals surface area contributed by atoms with Gasteiger partial charge in [0.2, 0.25) is 0 Å². The molecular weight excluding hydrogens is 555 g/mol. The number of amides is 3. The fourth-order valence-corrected chi connectivity index (χ4v) is 4.53. The van der Waals surface area contributed by atoms with Gasteiger partial charge in [0.05, 0.1) is 5.52 Å². The molecule has 3 aromatic carbocycles. The number of halogens is 3. The molecule has 4 rings (SSSR count). The number of aryl methyl sites for hydroxylation is 2. The summed E-state index contributed by atoms with van der Waals surface area (Å²) in [6.07, 6.45) is 0. The fourth-order valence-electron chi connectivity index (χ4n) is 3.63. The first kappa shape index (κ1) is 24.8. The van der Waals surface area contributed by atoms with Gasteiger partial charge in [-0.15, -0.1) is 0 Å². The van der Waals surface area contributed by atoms with Crippen LogP contribution in [0.25, 0.3) is 10.9 Å². The molecule has 0 radical (unpaired) electrons. The summed E-state index contributed by atoms with van der Waals surface area (Å²) in [4.78, 5) is 38.7. The first-order valence-electron chi connectivity index (χ1n) is 10.4. The first-order chi connectivity index (χ1) is 16.6. The molecular formula is C25H19BrCl2N4O3. The molecule has 3 amide bonds. The zero-order valence-electron chi connectivity index (χ0n) is 18.6. The number of rotatable bonds is 4. The van der Waals surface area contributed by atoms with Gasteiger partial charge in [-0.1, -0.05) is 57.3 Å². The predicted molar refractivity (Wildman–Crippen MR) is 143 cm³/mol. The number of fused-ring (bicyclic) bond motifs is 1. The SMILES string of the molecule is Cc1cccc(C)c1NC(=O)C(=O)Nn1c(C(=O)Nc2cc(Cl)cc(Cl)c2)cc2cc(Br)ccc21. The van der Waals surface area contributed by atoms with Crippen LogP contribution in [0.1, 0.15) is 21.6 Å². The largest absolute Gasteiger partial charge is 0.328 e. The molecule has 4 aromatic rings. The lowest BCUT2D eigenvalue weighted by atomic mass is 10.1. The third-order valence-corrected chi connectivity index (χ3v) is 6.19. The molecule has 0 fully saturated rings. The number of anilines is 2. The molecule has 10 heteroatoms. The van der Waals surface area contributed by atoms with Crippen molar-refractivity contribution in [2.45, 2.75) is 13.8 Å². The minimum atomic E-state index is -0.937. The highest BCUT2D eigenvalue weighted by Gasteiger charge is 2.22. The van der Waals surface area contributed by atoms with Crippen molar-refractivity contribution in [3.8, 4) is 0 Å². The zero-order valence-corrected chi connectivity index (χ0v) is 21.7. The fraction of sp³-hybridized carbons (Fsp3) is 0.0800. The molecule has 0 atom stereocenters. The van der Waals surface area contributed by atoms with Crippen LogP contribution in [0.3, 0.4) is 0 Å². The monoisotopic (exact) mass is 572 g/mol. The second-order valence-corrected chi connectivity index (χ2v) is 9.63. The summed E-state index contributed by atoms with van der Waals surface area (Å²) < 4.78 is 2.06. The number of hydrogen-bond donors (Lipinski definition) is 3. The molecule has 0 saturated heterocycles. The highest BCUT2D eigenvalue weighted by atomic mass is 79.9. The van der Waals surface area contributed by atoms with Crippen LogP contribution in [0.15, 0.2) is 65.1 Å². The highest BCUT2D eigenvalue weighted by Crippen LogP contribution is 2.26. The molecule has 7 nitrogen and oxygen atoms in total. The number of nitrogens with one attached hydrogen (secondary N) is 3. The van der Waals surface area contributed by atoms with Crippen LogP contribution in [0.2, 0.25) is 10.0 Å². The molecule has 0 aliphatic rings. The topological polar surface area (TPSA) is 92.2 Å². The molecule has 3 N–H and O–H groups in total. The van der Waals surface area contributed by atoms with Gasteiger partial charge in [-0.3, -0.25) is 19.8 Å². The third kappa shape index (κ3) is 5.51. The van der Waals surface area contributed by atoms with E-state index in [-0.39, 0.29) is 5.69 Å². The summed E-state index contributed by atoms with van der Waals surface area (Å²) >= 11 is 15.5. The molecule has 35 heavy (non-hydrogen) atoms. The van der Waals surface area contributed by atoms with E-state index in [9.17, 15) is 14.4 Å². The molecule has 0 aliphatic heterocycles. The Labute approximate surface area is 219 Å². The van der Waals surface area contributed by atoms with Crippen LogP contribution < -0.4 is 16.1 Å². The van der Waals surface area contributed by atoms with E-state index < -0.39 is 17.7 Å². The maximum Gasteiger partial charge on any atom is 0.328 e. The summed E-state index contributed by atoms with van der Waals surface area (Å²) in [5, 5.41) is 6.75. The van der Waals surface area contributed by atoms with E-state index in [1.807, 2.05) is 32.0 Å². The van der Waals surface area contributed by atoms with Crippen LogP contribution in [0.5, 0.6) is 0 Å². The van der Waals surface area contributed by atoms with Gasteiger partial charge in [-0.05, 0) is 67.4 Å². The Morgan fingerprint density at radius 1 is 0.829 bits per heavy atom. The summed E-state index contributed by atoms with van der Waals surface area (Å²) in [6, 6.07) is 17.1. The van der Waals surface area contributed by atoms with Crippen molar-refractivity contribution in [2.24, 2.45) is 0 Å². The van der Waals surface area contributed by atoms with Crippen LogP contribution in [-0.2, 0) is 9.59 Å². The van der Waals surface area contributed by atoms with Crippen molar-refractivity contribution >= 4 is 79.1 Å². The Balaban J connectivity index is 1.65. The van der Waals surface area contributed by atoms with Crippen molar-refractivity contribution in [3.63, 3.8) is 0 Å². The van der Waals surface area contributed by atoms with Gasteiger partial charge in [0.1, 0.15) is 5.69 Å². The average molecular weight is 574 g/mol. The number of hydrogen-bond acceptors (Lipinski definition) is 3. The quantitative estimate of drug-likeness (QED) is 0.251. The predicted octanol–water partition coefficient (Wildman–Crippen LogP) is 6.29. The molecule has 0 bridgehead atoms. The van der Waals surface area contributed by atoms with E-state index in [1.54, 1.807) is 42.5 Å². The van der Waals surface area contributed by atoms with Gasteiger partial charge in [-0.2, -0.15) is 0 Å². The number of para-hydroxylation sites is 1. The van der Waals surface area contributed by atoms with Crippen LogP contribution in [0, 0.1) is 13.8 Å². The maximum absolute atomic E-state index is 13.2. The van der Waals surface area contributed by atoms with Crippen molar-refractivity contribution in [2.75, 3.05) is 16.1 Å². The standard InChI is InChI=1S/C25H19BrCl2N4O3/c1-13-4-3-5-14(2)22(13)30-24(34)25(35)31-32-20-7-6-16(26)8-15(20)9-21(32)23(33)29-19-11-17(27)10-18(28)12-19/h3-12H,1-2H3,(H,29,33)(H,30,34)(H,31,35). The van der Waals surface area contributed by atoms with Gasteiger partial charge in [-0.25, -0.2) is 4.68 Å². The number of aromatic nitrogens is 1. The van der Waals surface area contributed by atoms with E-state index in [0.29, 0.717) is 32.3 Å². The van der Waals surface area contributed by atoms with Crippen LogP contribution >= 0.6 is 39.1 Å². The van der Waals surface area contributed by atoms with Gasteiger partial charge < -0.3 is 10.6 Å². The van der Waals surface area contributed by atoms with Crippen molar-refractivity contribution in [3.05, 3.63) is 92.0 Å². The van der Waals surface area contributed by atoms with Crippen molar-refractivity contribution in [1.29, 1.82) is 0 Å². The summed E-state index contributed by atoms with van der Waals surface area (Å²) in [5.41, 5.74) is 5.75. The van der Waals surface area contributed by atoms with Crippen molar-refractivity contribution in [1.82, 2.24) is 4.68 Å². The summed E-state index contributed by atoms with van der Waals surface area (Å²) in [6.45, 7) is 3.67. The van der Waals surface area contributed by atoms with Crippen LogP contribution in [0.4, 0.5) is 11.4 Å². The minimum Gasteiger partial charge on any atom is -0.321 e. The Kier molecular flexibility index (Phi) is 7.16. The van der Waals surface area contributed by atoms with E-state index >= 15 is 0 Å². The van der Waals surface area contributed by atoms with E-state index in [4.69, 9.17) is 23.2 Å². The van der Waals surface area contributed by atoms with Gasteiger partial charge in [0, 0.05) is 31.3 Å². The summed E-state index contributed by atoms with van der Waals surface area (Å²) in [7, 11) is 0. The number of nitrogens with zero attached hydrogens (tertiary/aromatic N) is 1. The lowest BCUT2D eigenvalue weighted by Crippen LogP contribution is -2.36. The molecule has 1 aromatic heterocycles. The molecule has 0 saturated carbocycles. The van der Waals surface area contributed by atoms with E-state index in [0.717, 1.165) is 15.6 Å². The molecule has 0 unspecified atom stereocenters. The lowest BCUT2D eigenvalue weighted by molar-refractivity contribution is -0.133. The first-order valence-corrected chi connectivity index (χ1v) is 11.9. The third-order valence-electron chi connectivity index (χ3n) is 5.26.